The van der Waals surface area contributed by atoms with Gasteiger partial charge in [0.2, 0.25) is 0 Å². The van der Waals surface area contributed by atoms with Crippen molar-refractivity contribution in [3.8, 4) is 0 Å². The number of aromatic nitrogens is 1. The number of amides is 1. The summed E-state index contributed by atoms with van der Waals surface area (Å²) in [6, 6.07) is 14.6. The molecule has 0 aliphatic carbocycles. The maximum Gasteiger partial charge on any atom is 0.274 e. The molecule has 1 amide bonds. The van der Waals surface area contributed by atoms with Crippen LogP contribution < -0.4 is 10.6 Å². The highest BCUT2D eigenvalue weighted by Gasteiger charge is 2.11. The summed E-state index contributed by atoms with van der Waals surface area (Å²) < 4.78 is 0. The molecule has 3 rings (SSSR count). The van der Waals surface area contributed by atoms with Gasteiger partial charge in [0.25, 0.3) is 5.91 Å². The third-order valence-electron chi connectivity index (χ3n) is 4.47. The lowest BCUT2D eigenvalue weighted by Gasteiger charge is -2.14. The number of nitrogens with one attached hydrogen (secondary N) is 2. The fourth-order valence-corrected chi connectivity index (χ4v) is 3.17. The lowest BCUT2D eigenvalue weighted by Crippen LogP contribution is -2.14. The van der Waals surface area contributed by atoms with E-state index in [0.717, 1.165) is 22.5 Å². The van der Waals surface area contributed by atoms with Crippen molar-refractivity contribution in [2.24, 2.45) is 0 Å². The third kappa shape index (κ3) is 4.43. The molecule has 28 heavy (non-hydrogen) atoms. The van der Waals surface area contributed by atoms with Crippen molar-refractivity contribution in [3.05, 3.63) is 82.7 Å². The van der Waals surface area contributed by atoms with E-state index in [4.69, 9.17) is 0 Å². The average molecular weight is 373 g/mol. The quantitative estimate of drug-likeness (QED) is 0.603. The van der Waals surface area contributed by atoms with Gasteiger partial charge in [-0.15, -0.1) is 0 Å². The molecule has 0 radical (unpaired) electrons. The molecule has 0 bridgehead atoms. The van der Waals surface area contributed by atoms with Gasteiger partial charge in [-0.3, -0.25) is 14.6 Å². The summed E-state index contributed by atoms with van der Waals surface area (Å²) in [6.07, 6.45) is 1.60. The number of pyridine rings is 1. The van der Waals surface area contributed by atoms with Gasteiger partial charge in [0.05, 0.1) is 0 Å². The highest BCUT2D eigenvalue weighted by atomic mass is 16.2. The molecule has 0 aliphatic rings. The first kappa shape index (κ1) is 19.3. The number of ketones is 1. The van der Waals surface area contributed by atoms with E-state index >= 15 is 0 Å². The van der Waals surface area contributed by atoms with Gasteiger partial charge in [0.1, 0.15) is 5.69 Å². The molecule has 0 aliphatic heterocycles. The van der Waals surface area contributed by atoms with Crippen LogP contribution in [-0.2, 0) is 0 Å². The van der Waals surface area contributed by atoms with Gasteiger partial charge in [-0.25, -0.2) is 0 Å². The van der Waals surface area contributed by atoms with E-state index in [1.165, 1.54) is 12.5 Å². The summed E-state index contributed by atoms with van der Waals surface area (Å²) in [7, 11) is 0. The van der Waals surface area contributed by atoms with Crippen LogP contribution >= 0.6 is 0 Å². The van der Waals surface area contributed by atoms with Gasteiger partial charge in [-0.05, 0) is 63.1 Å². The van der Waals surface area contributed by atoms with Crippen molar-refractivity contribution in [2.75, 3.05) is 10.6 Å². The Balaban J connectivity index is 1.80. The SMILES string of the molecule is CC(=O)c1cccc(NC(=O)c2cc(Nc3c(C)cc(C)cc3C)ccn2)c1. The zero-order valence-corrected chi connectivity index (χ0v) is 16.5. The standard InChI is InChI=1S/C23H23N3O2/c1-14-10-15(2)22(16(3)11-14)25-20-8-9-24-21(13-20)23(28)26-19-7-5-6-18(12-19)17(4)27/h5-13H,1-4H3,(H,24,25)(H,26,28). The van der Waals surface area contributed by atoms with Crippen LogP contribution in [-0.4, -0.2) is 16.7 Å². The molecule has 2 N–H and O–H groups in total. The Morgan fingerprint density at radius 1 is 0.893 bits per heavy atom. The summed E-state index contributed by atoms with van der Waals surface area (Å²) in [5.74, 6) is -0.383. The van der Waals surface area contributed by atoms with Crippen molar-refractivity contribution in [1.82, 2.24) is 4.98 Å². The molecule has 3 aromatic rings. The molecular weight excluding hydrogens is 350 g/mol. The molecule has 5 heteroatoms. The maximum absolute atomic E-state index is 12.6. The van der Waals surface area contributed by atoms with E-state index in [1.54, 1.807) is 36.5 Å². The number of hydrogen-bond donors (Lipinski definition) is 2. The number of nitrogens with zero attached hydrogens (tertiary/aromatic N) is 1. The first-order valence-corrected chi connectivity index (χ1v) is 9.07. The van der Waals surface area contributed by atoms with Crippen LogP contribution in [0, 0.1) is 20.8 Å². The van der Waals surface area contributed by atoms with Gasteiger partial charge in [-0.1, -0.05) is 29.8 Å². The smallest absolute Gasteiger partial charge is 0.274 e. The summed E-state index contributed by atoms with van der Waals surface area (Å²) in [6.45, 7) is 7.67. The van der Waals surface area contributed by atoms with E-state index in [0.29, 0.717) is 16.9 Å². The van der Waals surface area contributed by atoms with Crippen molar-refractivity contribution in [2.45, 2.75) is 27.7 Å². The molecule has 0 unspecified atom stereocenters. The number of benzene rings is 2. The van der Waals surface area contributed by atoms with Crippen molar-refractivity contribution in [1.29, 1.82) is 0 Å². The molecule has 1 aromatic heterocycles. The van der Waals surface area contributed by atoms with E-state index in [-0.39, 0.29) is 11.7 Å². The molecule has 0 saturated carbocycles. The number of Topliss-reactive ketones (excluding diaryl/α,β-unsaturated/α-hetero) is 1. The van der Waals surface area contributed by atoms with Crippen LogP contribution in [0.25, 0.3) is 0 Å². The summed E-state index contributed by atoms with van der Waals surface area (Å²) in [5.41, 5.74) is 6.70. The molecule has 5 nitrogen and oxygen atoms in total. The largest absolute Gasteiger partial charge is 0.355 e. The fraction of sp³-hybridized carbons (Fsp3) is 0.174. The molecule has 0 atom stereocenters. The first-order valence-electron chi connectivity index (χ1n) is 9.07. The normalized spacial score (nSPS) is 10.4. The van der Waals surface area contributed by atoms with Gasteiger partial charge in [-0.2, -0.15) is 0 Å². The van der Waals surface area contributed by atoms with E-state index < -0.39 is 0 Å². The van der Waals surface area contributed by atoms with Crippen LogP contribution in [0.4, 0.5) is 17.1 Å². The Bertz CT molecular complexity index is 1030. The molecule has 2 aromatic carbocycles. The Labute approximate surface area is 164 Å². The highest BCUT2D eigenvalue weighted by molar-refractivity contribution is 6.04. The van der Waals surface area contributed by atoms with Crippen LogP contribution in [0.15, 0.2) is 54.7 Å². The lowest BCUT2D eigenvalue weighted by molar-refractivity contribution is 0.100. The Hall–Kier alpha value is -3.47. The minimum atomic E-state index is -0.332. The Morgan fingerprint density at radius 3 is 2.29 bits per heavy atom. The minimum absolute atomic E-state index is 0.0516. The second kappa shape index (κ2) is 8.05. The van der Waals surface area contributed by atoms with Crippen molar-refractivity contribution < 1.29 is 9.59 Å². The monoisotopic (exact) mass is 373 g/mol. The third-order valence-corrected chi connectivity index (χ3v) is 4.47. The van der Waals surface area contributed by atoms with Crippen LogP contribution in [0.3, 0.4) is 0 Å². The Morgan fingerprint density at radius 2 is 1.61 bits per heavy atom. The van der Waals surface area contributed by atoms with Crippen molar-refractivity contribution >= 4 is 28.8 Å². The summed E-state index contributed by atoms with van der Waals surface area (Å²) in [4.78, 5) is 28.3. The predicted molar refractivity (Wildman–Crippen MR) is 113 cm³/mol. The summed E-state index contributed by atoms with van der Waals surface area (Å²) in [5, 5.41) is 6.18. The molecule has 0 fully saturated rings. The maximum atomic E-state index is 12.6. The fourth-order valence-electron chi connectivity index (χ4n) is 3.17. The van der Waals surface area contributed by atoms with E-state index in [2.05, 4.69) is 48.5 Å². The predicted octanol–water partition coefficient (Wildman–Crippen LogP) is 5.21. The number of aryl methyl sites for hydroxylation is 3. The molecule has 142 valence electrons. The van der Waals surface area contributed by atoms with E-state index in [9.17, 15) is 9.59 Å². The summed E-state index contributed by atoms with van der Waals surface area (Å²) >= 11 is 0. The topological polar surface area (TPSA) is 71.1 Å². The molecule has 0 saturated heterocycles. The number of carbonyl (C=O) groups excluding carboxylic acids is 2. The van der Waals surface area contributed by atoms with Gasteiger partial charge in [0.15, 0.2) is 5.78 Å². The molecule has 1 heterocycles. The van der Waals surface area contributed by atoms with Crippen LogP contribution in [0.1, 0.15) is 44.5 Å². The number of rotatable bonds is 5. The molecule has 0 spiro atoms. The highest BCUT2D eigenvalue weighted by Crippen LogP contribution is 2.26. The Kier molecular flexibility index (Phi) is 5.54. The van der Waals surface area contributed by atoms with Crippen LogP contribution in [0.5, 0.6) is 0 Å². The minimum Gasteiger partial charge on any atom is -0.355 e. The average Bonchev–Trinajstić information content (AvgIpc) is 2.65. The number of carbonyl (C=O) groups is 2. The lowest BCUT2D eigenvalue weighted by atomic mass is 10.0. The van der Waals surface area contributed by atoms with Gasteiger partial charge in [0, 0.05) is 28.8 Å². The van der Waals surface area contributed by atoms with Gasteiger partial charge >= 0.3 is 0 Å². The van der Waals surface area contributed by atoms with Gasteiger partial charge < -0.3 is 10.6 Å². The number of anilines is 3. The first-order chi connectivity index (χ1) is 13.3. The second-order valence-electron chi connectivity index (χ2n) is 6.92. The zero-order chi connectivity index (χ0) is 20.3. The van der Waals surface area contributed by atoms with E-state index in [1.807, 2.05) is 6.07 Å². The van der Waals surface area contributed by atoms with Crippen LogP contribution in [0.2, 0.25) is 0 Å². The second-order valence-corrected chi connectivity index (χ2v) is 6.92. The number of hydrogen-bond acceptors (Lipinski definition) is 4. The zero-order valence-electron chi connectivity index (χ0n) is 16.5. The molecular formula is C23H23N3O2. The van der Waals surface area contributed by atoms with Crippen molar-refractivity contribution in [3.63, 3.8) is 0 Å².